The van der Waals surface area contributed by atoms with Gasteiger partial charge in [0.25, 0.3) is 0 Å². The largest absolute Gasteiger partial charge is 0.455 e. The van der Waals surface area contributed by atoms with Crippen LogP contribution in [0.4, 0.5) is 0 Å². The minimum atomic E-state index is 0.505. The molecule has 0 aliphatic carbocycles. The molecule has 9 aromatic carbocycles. The monoisotopic (exact) mass is 758 g/mol. The molecule has 0 saturated heterocycles. The molecule has 0 amide bonds. The lowest BCUT2D eigenvalue weighted by Gasteiger charge is -2.15. The van der Waals surface area contributed by atoms with Crippen LogP contribution >= 0.6 is 11.3 Å². The topological polar surface area (TPSA) is 64.7 Å². The summed E-state index contributed by atoms with van der Waals surface area (Å²) < 4.78 is 7.81. The molecule has 0 radical (unpaired) electrons. The van der Waals surface area contributed by atoms with Crippen molar-refractivity contribution in [3.05, 3.63) is 182 Å². The molecule has 0 fully saturated rings. The molecule has 0 atom stereocenters. The first-order chi connectivity index (χ1) is 28.7. The zero-order chi connectivity index (χ0) is 38.2. The number of rotatable bonds is 5. The van der Waals surface area contributed by atoms with Gasteiger partial charge in [-0.05, 0) is 68.2 Å². The van der Waals surface area contributed by atoms with Crippen LogP contribution in [0.2, 0.25) is 0 Å². The van der Waals surface area contributed by atoms with Crippen LogP contribution in [0, 0.1) is 0 Å². The molecular formula is C52H30N4OS. The Bertz CT molecular complexity index is 3590. The number of benzene rings is 9. The van der Waals surface area contributed by atoms with Gasteiger partial charge >= 0.3 is 0 Å². The molecule has 5 nitrogen and oxygen atoms in total. The Morgan fingerprint density at radius 3 is 1.78 bits per heavy atom. The van der Waals surface area contributed by atoms with E-state index in [9.17, 15) is 0 Å². The molecule has 0 N–H and O–H groups in total. The van der Waals surface area contributed by atoms with E-state index in [4.69, 9.17) is 24.4 Å². The lowest BCUT2D eigenvalue weighted by atomic mass is 9.93. The Morgan fingerprint density at radius 2 is 0.983 bits per heavy atom. The molecule has 0 bridgehead atoms. The highest BCUT2D eigenvalue weighted by atomic mass is 32.1. The smallest absolute Gasteiger partial charge is 0.170 e. The molecule has 0 aliphatic rings. The summed E-state index contributed by atoms with van der Waals surface area (Å²) in [6.07, 6.45) is 0. The number of furan rings is 1. The third kappa shape index (κ3) is 5.30. The molecule has 270 valence electrons. The van der Waals surface area contributed by atoms with Gasteiger partial charge in [-0.1, -0.05) is 152 Å². The van der Waals surface area contributed by atoms with E-state index in [0.29, 0.717) is 23.1 Å². The number of aromatic nitrogens is 4. The average Bonchev–Trinajstić information content (AvgIpc) is 3.89. The summed E-state index contributed by atoms with van der Waals surface area (Å²) in [6.45, 7) is 0. The predicted octanol–water partition coefficient (Wildman–Crippen LogP) is 14.2. The van der Waals surface area contributed by atoms with Crippen LogP contribution in [-0.4, -0.2) is 19.9 Å². The number of hydrogen-bond donors (Lipinski definition) is 0. The normalized spacial score (nSPS) is 11.8. The van der Waals surface area contributed by atoms with Crippen LogP contribution in [0.1, 0.15) is 0 Å². The molecule has 0 spiro atoms. The van der Waals surface area contributed by atoms with E-state index in [2.05, 4.69) is 164 Å². The second-order valence-corrected chi connectivity index (χ2v) is 15.6. The van der Waals surface area contributed by atoms with Crippen molar-refractivity contribution in [3.63, 3.8) is 0 Å². The predicted molar refractivity (Wildman–Crippen MR) is 240 cm³/mol. The third-order valence-corrected chi connectivity index (χ3v) is 12.2. The van der Waals surface area contributed by atoms with E-state index in [0.717, 1.165) is 86.5 Å². The van der Waals surface area contributed by atoms with E-state index >= 15 is 0 Å². The Labute approximate surface area is 336 Å². The third-order valence-electron chi connectivity index (χ3n) is 11.1. The summed E-state index contributed by atoms with van der Waals surface area (Å²) in [4.78, 5) is 21.5. The molecule has 0 aliphatic heterocycles. The van der Waals surface area contributed by atoms with Crippen LogP contribution in [0.3, 0.4) is 0 Å². The summed E-state index contributed by atoms with van der Waals surface area (Å²) in [5.41, 5.74) is 8.08. The van der Waals surface area contributed by atoms with Crippen LogP contribution in [-0.2, 0) is 0 Å². The first-order valence-corrected chi connectivity index (χ1v) is 20.1. The van der Waals surface area contributed by atoms with Crippen molar-refractivity contribution in [2.24, 2.45) is 0 Å². The highest BCUT2D eigenvalue weighted by Crippen LogP contribution is 2.45. The summed E-state index contributed by atoms with van der Waals surface area (Å²) >= 11 is 1.67. The number of fused-ring (bicyclic) bond motifs is 7. The second-order valence-electron chi connectivity index (χ2n) is 14.6. The highest BCUT2D eigenvalue weighted by molar-refractivity contribution is 7.21. The van der Waals surface area contributed by atoms with E-state index in [1.165, 1.54) is 10.8 Å². The number of thiazole rings is 1. The van der Waals surface area contributed by atoms with Crippen molar-refractivity contribution in [3.8, 4) is 55.9 Å². The fourth-order valence-corrected chi connectivity index (χ4v) is 9.35. The average molecular weight is 759 g/mol. The van der Waals surface area contributed by atoms with Gasteiger partial charge in [0.1, 0.15) is 16.2 Å². The lowest BCUT2D eigenvalue weighted by molar-refractivity contribution is 0.670. The van der Waals surface area contributed by atoms with E-state index in [1.54, 1.807) is 11.3 Å². The van der Waals surface area contributed by atoms with Crippen LogP contribution in [0.5, 0.6) is 0 Å². The maximum absolute atomic E-state index is 6.78. The van der Waals surface area contributed by atoms with Crippen molar-refractivity contribution in [1.82, 2.24) is 19.9 Å². The number of nitrogens with zero attached hydrogens (tertiary/aromatic N) is 4. The molecular weight excluding hydrogens is 729 g/mol. The van der Waals surface area contributed by atoms with E-state index in [-0.39, 0.29) is 0 Å². The van der Waals surface area contributed by atoms with Crippen LogP contribution in [0.25, 0.3) is 120 Å². The van der Waals surface area contributed by atoms with Gasteiger partial charge in [-0.15, -0.1) is 11.3 Å². The van der Waals surface area contributed by atoms with Gasteiger partial charge in [0, 0.05) is 33.0 Å². The molecule has 58 heavy (non-hydrogen) atoms. The Kier molecular flexibility index (Phi) is 7.33. The SMILES string of the molecule is c1ccc(-c2c(-c3nc(-c4ccc5ccccc5c4)nc(-c4c5nc(-c6ccc7ccccc7c6)sc5cc5c4oc4ccccc45)n3)ccc3ccccc23)cc1. The molecule has 12 rings (SSSR count). The Morgan fingerprint density at radius 1 is 0.379 bits per heavy atom. The fourth-order valence-electron chi connectivity index (χ4n) is 8.33. The summed E-state index contributed by atoms with van der Waals surface area (Å²) in [5.74, 6) is 1.65. The summed E-state index contributed by atoms with van der Waals surface area (Å²) in [7, 11) is 0. The van der Waals surface area contributed by atoms with Gasteiger partial charge in [-0.25, -0.2) is 19.9 Å². The second kappa shape index (κ2) is 13.0. The molecule has 6 heteroatoms. The van der Waals surface area contributed by atoms with Crippen molar-refractivity contribution in [2.75, 3.05) is 0 Å². The van der Waals surface area contributed by atoms with Crippen molar-refractivity contribution in [1.29, 1.82) is 0 Å². The quantitative estimate of drug-likeness (QED) is 0.175. The standard InChI is InChI=1S/C52H30N4OS/c1-2-15-34(16-3-1)45-39-19-9-8-14-33(39)26-27-41(45)50-54-49(37-24-22-31-12-4-6-17-35(31)28-37)55-51(56-50)46-47-44(30-42-40-20-10-11-21-43(40)57-48(42)46)58-52(53-47)38-25-23-32-13-5-7-18-36(32)29-38/h1-30H. The molecule has 12 aromatic rings. The van der Waals surface area contributed by atoms with Crippen molar-refractivity contribution < 1.29 is 4.42 Å². The first kappa shape index (κ1) is 32.7. The van der Waals surface area contributed by atoms with Gasteiger partial charge < -0.3 is 4.42 Å². The molecule has 3 aromatic heterocycles. The van der Waals surface area contributed by atoms with E-state index < -0.39 is 0 Å². The maximum atomic E-state index is 6.78. The van der Waals surface area contributed by atoms with Gasteiger partial charge in [-0.2, -0.15) is 0 Å². The minimum Gasteiger partial charge on any atom is -0.455 e. The number of para-hydroxylation sites is 1. The lowest BCUT2D eigenvalue weighted by Crippen LogP contribution is -2.02. The molecule has 0 saturated carbocycles. The van der Waals surface area contributed by atoms with Crippen LogP contribution in [0.15, 0.2) is 186 Å². The van der Waals surface area contributed by atoms with Gasteiger partial charge in [0.05, 0.1) is 15.8 Å². The molecule has 3 heterocycles. The summed E-state index contributed by atoms with van der Waals surface area (Å²) in [5, 5.41) is 9.85. The number of hydrogen-bond acceptors (Lipinski definition) is 6. The Balaban J connectivity index is 1.18. The molecule has 0 unspecified atom stereocenters. The van der Waals surface area contributed by atoms with E-state index in [1.807, 2.05) is 18.2 Å². The van der Waals surface area contributed by atoms with Gasteiger partial charge in [-0.3, -0.25) is 0 Å². The first-order valence-electron chi connectivity index (χ1n) is 19.3. The van der Waals surface area contributed by atoms with Crippen molar-refractivity contribution in [2.45, 2.75) is 0 Å². The summed E-state index contributed by atoms with van der Waals surface area (Å²) in [6, 6.07) is 63.4. The zero-order valence-corrected chi connectivity index (χ0v) is 31.7. The van der Waals surface area contributed by atoms with Gasteiger partial charge in [0.15, 0.2) is 17.5 Å². The minimum absolute atomic E-state index is 0.505. The highest BCUT2D eigenvalue weighted by Gasteiger charge is 2.25. The fraction of sp³-hybridized carbons (Fsp3) is 0. The van der Waals surface area contributed by atoms with Crippen molar-refractivity contribution >= 4 is 75.8 Å². The van der Waals surface area contributed by atoms with Gasteiger partial charge in [0.2, 0.25) is 0 Å². The Hall–Kier alpha value is -7.54. The van der Waals surface area contributed by atoms with Crippen LogP contribution < -0.4 is 0 Å². The maximum Gasteiger partial charge on any atom is 0.170 e. The zero-order valence-electron chi connectivity index (χ0n) is 30.9.